The van der Waals surface area contributed by atoms with Crippen LogP contribution in [0.25, 0.3) is 0 Å². The van der Waals surface area contributed by atoms with Crippen LogP contribution >= 0.6 is 0 Å². The van der Waals surface area contributed by atoms with Crippen molar-refractivity contribution >= 4 is 0 Å². The van der Waals surface area contributed by atoms with Gasteiger partial charge in [0.2, 0.25) is 0 Å². The van der Waals surface area contributed by atoms with Gasteiger partial charge >= 0.3 is 5.69 Å². The second-order valence-corrected chi connectivity index (χ2v) is 2.01. The molecule has 56 valence electrons. The van der Waals surface area contributed by atoms with Gasteiger partial charge in [-0.3, -0.25) is 5.10 Å². The number of H-pyrrole nitrogens is 2. The maximum atomic E-state index is 10.4. The van der Waals surface area contributed by atoms with Crippen molar-refractivity contribution in [3.63, 3.8) is 0 Å². The molecule has 10 heavy (non-hydrogen) atoms. The van der Waals surface area contributed by atoms with E-state index in [2.05, 4.69) is 15.2 Å². The van der Waals surface area contributed by atoms with Crippen LogP contribution in [0.5, 0.6) is 0 Å². The Morgan fingerprint density at radius 2 is 2.30 bits per heavy atom. The first-order valence-electron chi connectivity index (χ1n) is 3.16. The summed E-state index contributed by atoms with van der Waals surface area (Å²) in [6.07, 6.45) is 1.58. The Bertz CT molecular complexity index is 238. The molecular formula is C5H10N4O. The van der Waals surface area contributed by atoms with Gasteiger partial charge in [-0.25, -0.2) is 9.89 Å². The minimum Gasteiger partial charge on any atom is -0.330 e. The molecule has 0 bridgehead atoms. The summed E-state index contributed by atoms with van der Waals surface area (Å²) in [6.45, 7) is 0.620. The van der Waals surface area contributed by atoms with Crippen molar-refractivity contribution in [3.05, 3.63) is 16.3 Å². The molecule has 1 aromatic heterocycles. The van der Waals surface area contributed by atoms with Gasteiger partial charge in [0.1, 0.15) is 5.82 Å². The molecule has 1 aromatic rings. The van der Waals surface area contributed by atoms with E-state index < -0.39 is 0 Å². The molecule has 1 rings (SSSR count). The molecule has 0 aliphatic rings. The first-order chi connectivity index (χ1) is 4.83. The molecule has 0 fully saturated rings. The third-order valence-electron chi connectivity index (χ3n) is 1.17. The second kappa shape index (κ2) is 3.17. The van der Waals surface area contributed by atoms with Crippen molar-refractivity contribution in [3.8, 4) is 0 Å². The molecule has 0 aliphatic heterocycles. The lowest BCUT2D eigenvalue weighted by molar-refractivity contribution is 0.785. The van der Waals surface area contributed by atoms with Crippen LogP contribution in [-0.2, 0) is 6.42 Å². The molecule has 0 saturated heterocycles. The number of rotatable bonds is 3. The van der Waals surface area contributed by atoms with E-state index in [0.717, 1.165) is 12.8 Å². The zero-order valence-corrected chi connectivity index (χ0v) is 5.55. The van der Waals surface area contributed by atoms with Crippen LogP contribution in [0.15, 0.2) is 4.79 Å². The Labute approximate surface area is 57.6 Å². The number of hydrogen-bond donors (Lipinski definition) is 3. The van der Waals surface area contributed by atoms with Crippen molar-refractivity contribution in [1.82, 2.24) is 15.2 Å². The number of hydrogen-bond acceptors (Lipinski definition) is 3. The standard InChI is InChI=1S/C5H10N4O/c6-3-1-2-4-7-5(10)9-8-4/h1-3,6H2,(H2,7,8,9,10). The maximum absolute atomic E-state index is 10.4. The summed E-state index contributed by atoms with van der Waals surface area (Å²) in [7, 11) is 0. The topological polar surface area (TPSA) is 87.6 Å². The van der Waals surface area contributed by atoms with Crippen molar-refractivity contribution in [1.29, 1.82) is 0 Å². The number of nitrogens with one attached hydrogen (secondary N) is 2. The van der Waals surface area contributed by atoms with E-state index in [1.807, 2.05) is 0 Å². The Kier molecular flexibility index (Phi) is 2.22. The Morgan fingerprint density at radius 3 is 2.80 bits per heavy atom. The lowest BCUT2D eigenvalue weighted by Gasteiger charge is -1.89. The number of nitrogens with two attached hydrogens (primary N) is 1. The monoisotopic (exact) mass is 142 g/mol. The zero-order valence-electron chi connectivity index (χ0n) is 5.55. The Balaban J connectivity index is 2.50. The number of aromatic nitrogens is 3. The highest BCUT2D eigenvalue weighted by molar-refractivity contribution is 4.79. The minimum atomic E-state index is -0.327. The van der Waals surface area contributed by atoms with Crippen LogP contribution in [0, 0.1) is 0 Å². The van der Waals surface area contributed by atoms with E-state index in [0.29, 0.717) is 12.4 Å². The molecule has 0 aromatic carbocycles. The van der Waals surface area contributed by atoms with E-state index in [4.69, 9.17) is 5.73 Å². The average molecular weight is 142 g/mol. The fourth-order valence-electron chi connectivity index (χ4n) is 0.692. The van der Waals surface area contributed by atoms with Crippen molar-refractivity contribution in [2.24, 2.45) is 5.73 Å². The molecule has 4 N–H and O–H groups in total. The van der Waals surface area contributed by atoms with E-state index in [1.54, 1.807) is 0 Å². The number of aromatic amines is 2. The van der Waals surface area contributed by atoms with Crippen molar-refractivity contribution < 1.29 is 0 Å². The summed E-state index contributed by atoms with van der Waals surface area (Å²) < 4.78 is 0. The molecule has 0 unspecified atom stereocenters. The molecule has 5 nitrogen and oxygen atoms in total. The third-order valence-corrected chi connectivity index (χ3v) is 1.17. The molecule has 0 aliphatic carbocycles. The summed E-state index contributed by atoms with van der Waals surface area (Å²) in [6, 6.07) is 0. The summed E-state index contributed by atoms with van der Waals surface area (Å²) in [5.74, 6) is 0.676. The summed E-state index contributed by atoms with van der Waals surface area (Å²) >= 11 is 0. The first-order valence-corrected chi connectivity index (χ1v) is 3.16. The highest BCUT2D eigenvalue weighted by atomic mass is 16.1. The molecule has 0 spiro atoms. The molecule has 0 atom stereocenters. The molecule has 0 radical (unpaired) electrons. The fraction of sp³-hybridized carbons (Fsp3) is 0.600. The van der Waals surface area contributed by atoms with Crippen LogP contribution in [0.4, 0.5) is 0 Å². The van der Waals surface area contributed by atoms with Gasteiger partial charge in [0.15, 0.2) is 0 Å². The predicted molar refractivity (Wildman–Crippen MR) is 36.6 cm³/mol. The fourth-order valence-corrected chi connectivity index (χ4v) is 0.692. The van der Waals surface area contributed by atoms with Crippen LogP contribution in [0.1, 0.15) is 12.2 Å². The lowest BCUT2D eigenvalue weighted by Crippen LogP contribution is -2.03. The Hall–Kier alpha value is -1.10. The van der Waals surface area contributed by atoms with Gasteiger partial charge < -0.3 is 5.73 Å². The second-order valence-electron chi connectivity index (χ2n) is 2.01. The quantitative estimate of drug-likeness (QED) is 0.505. The zero-order chi connectivity index (χ0) is 7.40. The average Bonchev–Trinajstić information content (AvgIpc) is 2.31. The minimum absolute atomic E-state index is 0.327. The Morgan fingerprint density at radius 1 is 1.50 bits per heavy atom. The number of nitrogens with zero attached hydrogens (tertiary/aromatic N) is 1. The van der Waals surface area contributed by atoms with Gasteiger partial charge in [-0.15, -0.1) is 0 Å². The van der Waals surface area contributed by atoms with Gasteiger partial charge in [-0.2, -0.15) is 4.98 Å². The van der Waals surface area contributed by atoms with Gasteiger partial charge in [0.05, 0.1) is 0 Å². The third kappa shape index (κ3) is 1.70. The maximum Gasteiger partial charge on any atom is 0.361 e. The van der Waals surface area contributed by atoms with Gasteiger partial charge in [-0.1, -0.05) is 0 Å². The van der Waals surface area contributed by atoms with Crippen molar-refractivity contribution in [2.75, 3.05) is 6.54 Å². The first kappa shape index (κ1) is 7.01. The summed E-state index contributed by atoms with van der Waals surface area (Å²) in [5.41, 5.74) is 4.93. The summed E-state index contributed by atoms with van der Waals surface area (Å²) in [5, 5.41) is 4.98. The SMILES string of the molecule is NCCCc1nc(=O)[nH][nH]1. The molecule has 0 amide bonds. The summed E-state index contributed by atoms with van der Waals surface area (Å²) in [4.78, 5) is 14.1. The van der Waals surface area contributed by atoms with Crippen LogP contribution in [0.2, 0.25) is 0 Å². The molecule has 0 saturated carbocycles. The largest absolute Gasteiger partial charge is 0.361 e. The normalized spacial score (nSPS) is 10.1. The highest BCUT2D eigenvalue weighted by Crippen LogP contribution is 1.87. The highest BCUT2D eigenvalue weighted by Gasteiger charge is 1.94. The number of aryl methyl sites for hydroxylation is 1. The molecule has 1 heterocycles. The van der Waals surface area contributed by atoms with E-state index in [9.17, 15) is 4.79 Å². The predicted octanol–water partition coefficient (Wildman–Crippen LogP) is -1.01. The van der Waals surface area contributed by atoms with Gasteiger partial charge in [0, 0.05) is 6.42 Å². The van der Waals surface area contributed by atoms with E-state index >= 15 is 0 Å². The van der Waals surface area contributed by atoms with Gasteiger partial charge in [-0.05, 0) is 13.0 Å². The van der Waals surface area contributed by atoms with Crippen LogP contribution < -0.4 is 11.4 Å². The molecule has 5 heteroatoms. The van der Waals surface area contributed by atoms with Crippen LogP contribution in [0.3, 0.4) is 0 Å². The van der Waals surface area contributed by atoms with E-state index in [1.165, 1.54) is 0 Å². The lowest BCUT2D eigenvalue weighted by atomic mass is 10.3. The van der Waals surface area contributed by atoms with Crippen molar-refractivity contribution in [2.45, 2.75) is 12.8 Å². The van der Waals surface area contributed by atoms with Crippen LogP contribution in [-0.4, -0.2) is 21.7 Å². The smallest absolute Gasteiger partial charge is 0.330 e. The van der Waals surface area contributed by atoms with E-state index in [-0.39, 0.29) is 5.69 Å². The van der Waals surface area contributed by atoms with Gasteiger partial charge in [0.25, 0.3) is 0 Å². The molecular weight excluding hydrogens is 132 g/mol.